The Hall–Kier alpha value is -1.13. The molecular formula is C10H12ClNO3. The van der Waals surface area contributed by atoms with Crippen molar-refractivity contribution in [2.24, 2.45) is 0 Å². The Kier molecular flexibility index (Phi) is 4.52. The summed E-state index contributed by atoms with van der Waals surface area (Å²) in [6.07, 6.45) is 0.926. The Labute approximate surface area is 93.0 Å². The molecule has 0 saturated carbocycles. The van der Waals surface area contributed by atoms with Crippen molar-refractivity contribution >= 4 is 17.3 Å². The van der Waals surface area contributed by atoms with E-state index in [0.29, 0.717) is 13.2 Å². The number of ether oxygens (including phenoxy) is 1. The van der Waals surface area contributed by atoms with Crippen LogP contribution in [-0.4, -0.2) is 11.5 Å². The van der Waals surface area contributed by atoms with Crippen LogP contribution >= 0.6 is 11.6 Å². The van der Waals surface area contributed by atoms with Crippen molar-refractivity contribution in [2.45, 2.75) is 20.0 Å². The fourth-order valence-electron chi connectivity index (χ4n) is 1.12. The number of rotatable bonds is 5. The first-order chi connectivity index (χ1) is 7.15. The minimum Gasteiger partial charge on any atom is -0.377 e. The zero-order chi connectivity index (χ0) is 11.3. The van der Waals surface area contributed by atoms with Gasteiger partial charge in [-0.1, -0.05) is 24.6 Å². The lowest BCUT2D eigenvalue weighted by Crippen LogP contribution is -1.96. The second-order valence-corrected chi connectivity index (χ2v) is 3.50. The van der Waals surface area contributed by atoms with Crippen LogP contribution in [0, 0.1) is 10.1 Å². The van der Waals surface area contributed by atoms with Crippen molar-refractivity contribution in [3.63, 3.8) is 0 Å². The molecule has 15 heavy (non-hydrogen) atoms. The Morgan fingerprint density at radius 2 is 2.27 bits per heavy atom. The number of nitro benzene ring substituents is 1. The van der Waals surface area contributed by atoms with Gasteiger partial charge in [-0.3, -0.25) is 10.1 Å². The lowest BCUT2D eigenvalue weighted by atomic mass is 10.2. The van der Waals surface area contributed by atoms with E-state index in [1.807, 2.05) is 6.92 Å². The second kappa shape index (κ2) is 5.68. The van der Waals surface area contributed by atoms with Gasteiger partial charge in [-0.25, -0.2) is 0 Å². The van der Waals surface area contributed by atoms with E-state index in [-0.39, 0.29) is 10.7 Å². The molecule has 0 saturated heterocycles. The molecule has 0 fully saturated rings. The molecule has 0 amide bonds. The van der Waals surface area contributed by atoms with Crippen LogP contribution in [-0.2, 0) is 11.3 Å². The van der Waals surface area contributed by atoms with Crippen LogP contribution in [0.3, 0.4) is 0 Å². The van der Waals surface area contributed by atoms with E-state index in [4.69, 9.17) is 16.3 Å². The van der Waals surface area contributed by atoms with E-state index in [1.165, 1.54) is 12.1 Å². The maximum atomic E-state index is 10.6. The van der Waals surface area contributed by atoms with Gasteiger partial charge in [-0.2, -0.15) is 0 Å². The maximum Gasteiger partial charge on any atom is 0.288 e. The number of hydrogen-bond donors (Lipinski definition) is 0. The third kappa shape index (κ3) is 3.49. The summed E-state index contributed by atoms with van der Waals surface area (Å²) >= 11 is 5.67. The summed E-state index contributed by atoms with van der Waals surface area (Å²) in [5.74, 6) is 0. The predicted molar refractivity (Wildman–Crippen MR) is 58.1 cm³/mol. The number of benzene rings is 1. The van der Waals surface area contributed by atoms with Gasteiger partial charge >= 0.3 is 0 Å². The highest BCUT2D eigenvalue weighted by Gasteiger charge is 2.12. The van der Waals surface area contributed by atoms with Crippen LogP contribution in [0.1, 0.15) is 18.9 Å². The molecule has 1 aromatic carbocycles. The second-order valence-electron chi connectivity index (χ2n) is 3.10. The van der Waals surface area contributed by atoms with Crippen molar-refractivity contribution in [2.75, 3.05) is 6.61 Å². The third-order valence-electron chi connectivity index (χ3n) is 1.82. The van der Waals surface area contributed by atoms with Gasteiger partial charge in [0.05, 0.1) is 11.5 Å². The first-order valence-electron chi connectivity index (χ1n) is 4.65. The van der Waals surface area contributed by atoms with Crippen LogP contribution < -0.4 is 0 Å². The van der Waals surface area contributed by atoms with Gasteiger partial charge in [0.15, 0.2) is 0 Å². The summed E-state index contributed by atoms with van der Waals surface area (Å²) in [6, 6.07) is 4.69. The molecule has 4 nitrogen and oxygen atoms in total. The molecule has 82 valence electrons. The van der Waals surface area contributed by atoms with E-state index in [1.54, 1.807) is 6.07 Å². The number of halogens is 1. The lowest BCUT2D eigenvalue weighted by molar-refractivity contribution is -0.384. The molecule has 0 atom stereocenters. The summed E-state index contributed by atoms with van der Waals surface area (Å²) in [7, 11) is 0. The van der Waals surface area contributed by atoms with Crippen LogP contribution in [0.15, 0.2) is 18.2 Å². The van der Waals surface area contributed by atoms with E-state index in [0.717, 1.165) is 12.0 Å². The average Bonchev–Trinajstić information content (AvgIpc) is 2.20. The van der Waals surface area contributed by atoms with Crippen molar-refractivity contribution in [3.05, 3.63) is 38.9 Å². The highest BCUT2D eigenvalue weighted by Crippen LogP contribution is 2.25. The molecule has 0 aliphatic carbocycles. The van der Waals surface area contributed by atoms with Gasteiger partial charge in [0.2, 0.25) is 0 Å². The SMILES string of the molecule is CCCOCc1ccc(Cl)c([N+](=O)[O-])c1. The highest BCUT2D eigenvalue weighted by atomic mass is 35.5. The summed E-state index contributed by atoms with van der Waals surface area (Å²) in [5, 5.41) is 10.7. The fraction of sp³-hybridized carbons (Fsp3) is 0.400. The van der Waals surface area contributed by atoms with Gasteiger partial charge < -0.3 is 4.74 Å². The maximum absolute atomic E-state index is 10.6. The third-order valence-corrected chi connectivity index (χ3v) is 2.14. The summed E-state index contributed by atoms with van der Waals surface area (Å²) in [5.41, 5.74) is 0.689. The molecule has 5 heteroatoms. The van der Waals surface area contributed by atoms with Gasteiger partial charge in [0.1, 0.15) is 5.02 Å². The zero-order valence-corrected chi connectivity index (χ0v) is 9.16. The van der Waals surface area contributed by atoms with Crippen LogP contribution in [0.5, 0.6) is 0 Å². The molecule has 0 aromatic heterocycles. The average molecular weight is 230 g/mol. The molecule has 0 unspecified atom stereocenters. The van der Waals surface area contributed by atoms with Crippen molar-refractivity contribution in [1.29, 1.82) is 0 Å². The summed E-state index contributed by atoms with van der Waals surface area (Å²) in [4.78, 5) is 10.1. The minimum absolute atomic E-state index is 0.0748. The Morgan fingerprint density at radius 1 is 1.53 bits per heavy atom. The topological polar surface area (TPSA) is 52.4 Å². The predicted octanol–water partition coefficient (Wildman–Crippen LogP) is 3.17. The number of hydrogen-bond acceptors (Lipinski definition) is 3. The lowest BCUT2D eigenvalue weighted by Gasteiger charge is -2.03. The summed E-state index contributed by atoms with van der Waals surface area (Å²) < 4.78 is 5.28. The van der Waals surface area contributed by atoms with Gasteiger partial charge in [-0.05, 0) is 18.1 Å². The van der Waals surface area contributed by atoms with Crippen LogP contribution in [0.4, 0.5) is 5.69 Å². The van der Waals surface area contributed by atoms with E-state index >= 15 is 0 Å². The first-order valence-corrected chi connectivity index (χ1v) is 5.03. The molecule has 1 aromatic rings. The molecule has 0 radical (unpaired) electrons. The Balaban J connectivity index is 2.74. The number of nitro groups is 1. The van der Waals surface area contributed by atoms with E-state index in [2.05, 4.69) is 0 Å². The van der Waals surface area contributed by atoms with E-state index < -0.39 is 4.92 Å². The van der Waals surface area contributed by atoms with Crippen molar-refractivity contribution in [3.8, 4) is 0 Å². The Morgan fingerprint density at radius 3 is 2.87 bits per heavy atom. The molecular weight excluding hydrogens is 218 g/mol. The van der Waals surface area contributed by atoms with Crippen molar-refractivity contribution < 1.29 is 9.66 Å². The minimum atomic E-state index is -0.494. The van der Waals surface area contributed by atoms with Gasteiger partial charge in [0.25, 0.3) is 5.69 Å². The molecule has 1 rings (SSSR count). The van der Waals surface area contributed by atoms with E-state index in [9.17, 15) is 10.1 Å². The first kappa shape index (κ1) is 11.9. The largest absolute Gasteiger partial charge is 0.377 e. The van der Waals surface area contributed by atoms with Crippen LogP contribution in [0.25, 0.3) is 0 Å². The number of nitrogens with zero attached hydrogens (tertiary/aromatic N) is 1. The highest BCUT2D eigenvalue weighted by molar-refractivity contribution is 6.32. The molecule has 0 bridgehead atoms. The van der Waals surface area contributed by atoms with Gasteiger partial charge in [0, 0.05) is 12.7 Å². The molecule has 0 N–H and O–H groups in total. The molecule has 0 heterocycles. The zero-order valence-electron chi connectivity index (χ0n) is 8.40. The summed E-state index contributed by atoms with van der Waals surface area (Å²) in [6.45, 7) is 3.03. The quantitative estimate of drug-likeness (QED) is 0.443. The van der Waals surface area contributed by atoms with Crippen molar-refractivity contribution in [1.82, 2.24) is 0 Å². The fourth-order valence-corrected chi connectivity index (χ4v) is 1.31. The van der Waals surface area contributed by atoms with Gasteiger partial charge in [-0.15, -0.1) is 0 Å². The monoisotopic (exact) mass is 229 g/mol. The normalized spacial score (nSPS) is 10.3. The smallest absolute Gasteiger partial charge is 0.288 e. The Bertz CT molecular complexity index is 355. The molecule has 0 aliphatic rings. The standard InChI is InChI=1S/C10H12ClNO3/c1-2-5-15-7-8-3-4-9(11)10(6-8)12(13)14/h3-4,6H,2,5,7H2,1H3. The molecule has 0 spiro atoms. The molecule has 0 aliphatic heterocycles. The van der Waals surface area contributed by atoms with Crippen LogP contribution in [0.2, 0.25) is 5.02 Å².